The summed E-state index contributed by atoms with van der Waals surface area (Å²) in [5.74, 6) is -1.18. The van der Waals surface area contributed by atoms with Crippen molar-refractivity contribution in [2.24, 2.45) is 0 Å². The molecule has 2 rings (SSSR count). The van der Waals surface area contributed by atoms with Crippen molar-refractivity contribution in [1.29, 1.82) is 0 Å². The molecule has 1 saturated heterocycles. The normalized spacial score (nSPS) is 17.2. The Balaban J connectivity index is 2.46. The molecule has 1 heterocycles. The molecule has 0 saturated carbocycles. The summed E-state index contributed by atoms with van der Waals surface area (Å²) >= 11 is 0. The zero-order valence-electron chi connectivity index (χ0n) is 12.5. The third kappa shape index (κ3) is 3.61. The number of aromatic hydroxyl groups is 1. The summed E-state index contributed by atoms with van der Waals surface area (Å²) in [5.41, 5.74) is 0.517. The lowest BCUT2D eigenvalue weighted by atomic mass is 9.96. The van der Waals surface area contributed by atoms with E-state index in [0.717, 1.165) is 37.8 Å². The van der Waals surface area contributed by atoms with Gasteiger partial charge in [-0.1, -0.05) is 5.57 Å². The van der Waals surface area contributed by atoms with Crippen LogP contribution < -0.4 is 5.32 Å². The van der Waals surface area contributed by atoms with Gasteiger partial charge in [-0.2, -0.15) is 0 Å². The highest BCUT2D eigenvalue weighted by Gasteiger charge is 2.29. The Bertz CT molecular complexity index is 586. The second kappa shape index (κ2) is 6.85. The van der Waals surface area contributed by atoms with Crippen molar-refractivity contribution in [3.63, 3.8) is 0 Å². The third-order valence-electron chi connectivity index (χ3n) is 3.77. The number of nitro groups is 1. The van der Waals surface area contributed by atoms with Crippen molar-refractivity contribution in [3.8, 4) is 5.75 Å². The molecule has 0 unspecified atom stereocenters. The molecule has 0 amide bonds. The number of nitro benzene ring substituents is 1. The Labute approximate surface area is 128 Å². The summed E-state index contributed by atoms with van der Waals surface area (Å²) in [4.78, 5) is 12.3. The summed E-state index contributed by atoms with van der Waals surface area (Å²) in [5, 5.41) is 24.4. The Morgan fingerprint density at radius 3 is 2.73 bits per heavy atom. The molecular weight excluding hydrogens is 289 g/mol. The van der Waals surface area contributed by atoms with Gasteiger partial charge < -0.3 is 10.4 Å². The van der Waals surface area contributed by atoms with Crippen LogP contribution in [0.25, 0.3) is 0 Å². The molecule has 0 radical (unpaired) electrons. The van der Waals surface area contributed by atoms with Crippen LogP contribution in [0, 0.1) is 15.9 Å². The first-order valence-electron chi connectivity index (χ1n) is 7.16. The van der Waals surface area contributed by atoms with Crippen molar-refractivity contribution in [1.82, 2.24) is 10.2 Å². The van der Waals surface area contributed by atoms with Crippen LogP contribution >= 0.6 is 0 Å². The van der Waals surface area contributed by atoms with E-state index in [1.54, 1.807) is 0 Å². The Morgan fingerprint density at radius 1 is 1.55 bits per heavy atom. The maximum atomic E-state index is 13.8. The Hall–Kier alpha value is -1.99. The topological polar surface area (TPSA) is 78.6 Å². The number of phenolic OH excluding ortho intramolecular Hbond substituents is 1. The van der Waals surface area contributed by atoms with Gasteiger partial charge in [0, 0.05) is 37.8 Å². The number of piperazine rings is 1. The predicted molar refractivity (Wildman–Crippen MR) is 81.3 cm³/mol. The van der Waals surface area contributed by atoms with E-state index < -0.39 is 22.2 Å². The maximum Gasteiger partial charge on any atom is 0.313 e. The number of hydrogen-bond donors (Lipinski definition) is 2. The van der Waals surface area contributed by atoms with Crippen LogP contribution in [0.3, 0.4) is 0 Å². The molecule has 1 atom stereocenters. The third-order valence-corrected chi connectivity index (χ3v) is 3.77. The van der Waals surface area contributed by atoms with Crippen LogP contribution in [-0.4, -0.2) is 41.1 Å². The molecule has 2 N–H and O–H groups in total. The minimum absolute atomic E-state index is 0.247. The summed E-state index contributed by atoms with van der Waals surface area (Å²) in [6, 6.07) is 1.60. The molecule has 22 heavy (non-hydrogen) atoms. The molecule has 0 aliphatic carbocycles. The number of benzene rings is 1. The number of halogens is 1. The van der Waals surface area contributed by atoms with Crippen LogP contribution in [0.1, 0.15) is 24.9 Å². The van der Waals surface area contributed by atoms with Crippen LogP contribution in [-0.2, 0) is 0 Å². The van der Waals surface area contributed by atoms with Crippen LogP contribution in [0.5, 0.6) is 5.75 Å². The van der Waals surface area contributed by atoms with Gasteiger partial charge in [-0.15, -0.1) is 6.58 Å². The largest absolute Gasteiger partial charge is 0.502 e. The first-order valence-corrected chi connectivity index (χ1v) is 7.16. The minimum atomic E-state index is -0.766. The fourth-order valence-electron chi connectivity index (χ4n) is 2.76. The average molecular weight is 309 g/mol. The van der Waals surface area contributed by atoms with Crippen molar-refractivity contribution < 1.29 is 14.4 Å². The summed E-state index contributed by atoms with van der Waals surface area (Å²) in [7, 11) is 0. The number of hydrogen-bond acceptors (Lipinski definition) is 5. The van der Waals surface area contributed by atoms with Crippen molar-refractivity contribution in [2.45, 2.75) is 19.4 Å². The van der Waals surface area contributed by atoms with E-state index in [4.69, 9.17) is 0 Å². The van der Waals surface area contributed by atoms with Gasteiger partial charge in [0.15, 0.2) is 5.75 Å². The molecule has 120 valence electrons. The number of rotatable bonds is 5. The molecule has 1 aromatic rings. The van der Waals surface area contributed by atoms with Crippen molar-refractivity contribution in [2.75, 3.05) is 26.2 Å². The smallest absolute Gasteiger partial charge is 0.313 e. The fraction of sp³-hybridized carbons (Fsp3) is 0.467. The van der Waals surface area contributed by atoms with E-state index in [9.17, 15) is 19.6 Å². The second-order valence-electron chi connectivity index (χ2n) is 5.58. The van der Waals surface area contributed by atoms with Gasteiger partial charge in [-0.3, -0.25) is 15.0 Å². The van der Waals surface area contributed by atoms with E-state index >= 15 is 0 Å². The second-order valence-corrected chi connectivity index (χ2v) is 5.58. The molecule has 0 spiro atoms. The van der Waals surface area contributed by atoms with E-state index in [2.05, 4.69) is 16.8 Å². The van der Waals surface area contributed by atoms with Gasteiger partial charge >= 0.3 is 5.69 Å². The van der Waals surface area contributed by atoms with Gasteiger partial charge in [-0.25, -0.2) is 4.39 Å². The Morgan fingerprint density at radius 2 is 2.18 bits per heavy atom. The molecule has 6 nitrogen and oxygen atoms in total. The minimum Gasteiger partial charge on any atom is -0.502 e. The number of nitrogens with one attached hydrogen (secondary N) is 1. The summed E-state index contributed by atoms with van der Waals surface area (Å²) in [6.07, 6.45) is 0.508. The lowest BCUT2D eigenvalue weighted by molar-refractivity contribution is -0.386. The van der Waals surface area contributed by atoms with Crippen molar-refractivity contribution >= 4 is 5.69 Å². The lowest BCUT2D eigenvalue weighted by Gasteiger charge is -2.35. The van der Waals surface area contributed by atoms with E-state index in [-0.39, 0.29) is 11.6 Å². The van der Waals surface area contributed by atoms with E-state index in [1.165, 1.54) is 6.07 Å². The number of phenols is 1. The highest BCUT2D eigenvalue weighted by atomic mass is 19.1. The van der Waals surface area contributed by atoms with Gasteiger partial charge in [0.25, 0.3) is 0 Å². The van der Waals surface area contributed by atoms with Gasteiger partial charge in [-0.05, 0) is 19.4 Å². The Kier molecular flexibility index (Phi) is 5.10. The molecule has 1 aromatic carbocycles. The zero-order chi connectivity index (χ0) is 16.3. The average Bonchev–Trinajstić information content (AvgIpc) is 2.47. The van der Waals surface area contributed by atoms with Gasteiger partial charge in [0.2, 0.25) is 0 Å². The van der Waals surface area contributed by atoms with Gasteiger partial charge in [0.1, 0.15) is 5.82 Å². The van der Waals surface area contributed by atoms with Gasteiger partial charge in [0.05, 0.1) is 11.0 Å². The standard InChI is InChI=1S/C15H20FN3O3/c1-10(2)7-13(18-5-3-17-4-6-18)12-8-11(16)9-14(15(12)20)19(21)22/h8-9,13,17,20H,1,3-7H2,2H3/t13-/m0/s1. The zero-order valence-corrected chi connectivity index (χ0v) is 12.5. The van der Waals surface area contributed by atoms with E-state index in [1.807, 2.05) is 6.92 Å². The fourth-order valence-corrected chi connectivity index (χ4v) is 2.76. The molecule has 0 aromatic heterocycles. The maximum absolute atomic E-state index is 13.8. The molecule has 1 aliphatic rings. The monoisotopic (exact) mass is 309 g/mol. The quantitative estimate of drug-likeness (QED) is 0.496. The first-order chi connectivity index (χ1) is 10.4. The van der Waals surface area contributed by atoms with Crippen LogP contribution in [0.2, 0.25) is 0 Å². The molecule has 1 fully saturated rings. The summed E-state index contributed by atoms with van der Waals surface area (Å²) < 4.78 is 13.8. The molecular formula is C15H20FN3O3. The first kappa shape index (κ1) is 16.4. The lowest BCUT2D eigenvalue weighted by Crippen LogP contribution is -2.45. The number of nitrogens with zero attached hydrogens (tertiary/aromatic N) is 2. The van der Waals surface area contributed by atoms with Crippen molar-refractivity contribution in [3.05, 3.63) is 45.8 Å². The highest BCUT2D eigenvalue weighted by Crippen LogP contribution is 2.39. The van der Waals surface area contributed by atoms with Crippen LogP contribution in [0.15, 0.2) is 24.3 Å². The molecule has 0 bridgehead atoms. The van der Waals surface area contributed by atoms with E-state index in [0.29, 0.717) is 6.42 Å². The highest BCUT2D eigenvalue weighted by molar-refractivity contribution is 5.52. The molecule has 1 aliphatic heterocycles. The SMILES string of the molecule is C=C(C)C[C@@H](c1cc(F)cc([N+](=O)[O-])c1O)N1CCNCC1. The molecule has 7 heteroatoms. The van der Waals surface area contributed by atoms with Crippen LogP contribution in [0.4, 0.5) is 10.1 Å². The summed E-state index contributed by atoms with van der Waals surface area (Å²) in [6.45, 7) is 8.73. The predicted octanol–water partition coefficient (Wildman–Crippen LogP) is 2.35.